The van der Waals surface area contributed by atoms with Crippen LogP contribution in [0, 0.1) is 0 Å². The number of hydrogen-bond acceptors (Lipinski definition) is 10. The van der Waals surface area contributed by atoms with Gasteiger partial charge in [-0.15, -0.1) is 0 Å². The lowest BCUT2D eigenvalue weighted by Gasteiger charge is -2.40. The molecule has 0 spiro atoms. The number of unbranched alkanes of at least 4 members (excludes halogenated alkanes) is 32. The third-order valence-corrected chi connectivity index (χ3v) is 13.3. The first kappa shape index (κ1) is 60.9. The molecule has 0 aromatic carbocycles. The third-order valence-electron chi connectivity index (χ3n) is 13.3. The van der Waals surface area contributed by atoms with Gasteiger partial charge in [-0.3, -0.25) is 4.79 Å². The number of amides is 1. The van der Waals surface area contributed by atoms with Crippen molar-refractivity contribution >= 4 is 5.91 Å². The van der Waals surface area contributed by atoms with Crippen molar-refractivity contribution in [1.82, 2.24) is 5.32 Å². The molecule has 11 nitrogen and oxygen atoms in total. The van der Waals surface area contributed by atoms with Crippen LogP contribution in [0.1, 0.15) is 251 Å². The van der Waals surface area contributed by atoms with E-state index in [9.17, 15) is 40.5 Å². The van der Waals surface area contributed by atoms with Gasteiger partial charge in [-0.25, -0.2) is 0 Å². The van der Waals surface area contributed by atoms with E-state index in [-0.39, 0.29) is 12.8 Å². The molecule has 1 rings (SSSR count). The first-order chi connectivity index (χ1) is 31.2. The first-order valence-corrected chi connectivity index (χ1v) is 27.1. The molecule has 9 unspecified atom stereocenters. The largest absolute Gasteiger partial charge is 0.394 e. The standard InChI is InChI=1S/C53H103NO10/c1-3-5-7-9-11-13-15-17-19-21-22-23-24-25-27-28-30-32-34-36-38-40-45(56)48(58)44(43-63-53-51(61)50(60)49(59)47(42-55)64-53)54-52(62)46(57)41-39-37-35-33-31-29-26-20-18-16-14-12-10-8-6-4-2/h32,34,44-51,53,55-61H,3-31,33,35-43H2,1-2H3,(H,54,62)/b34-32+. The second-order valence-corrected chi connectivity index (χ2v) is 19.3. The highest BCUT2D eigenvalue weighted by molar-refractivity contribution is 5.80. The Hall–Kier alpha value is -1.15. The van der Waals surface area contributed by atoms with E-state index in [4.69, 9.17) is 9.47 Å². The van der Waals surface area contributed by atoms with E-state index in [2.05, 4.69) is 31.3 Å². The Balaban J connectivity index is 2.37. The maximum Gasteiger partial charge on any atom is 0.249 e. The Bertz CT molecular complexity index is 1050. The molecule has 9 atom stereocenters. The van der Waals surface area contributed by atoms with Crippen molar-refractivity contribution in [2.75, 3.05) is 13.2 Å². The molecule has 1 saturated heterocycles. The van der Waals surface area contributed by atoms with Crippen LogP contribution in [-0.4, -0.2) is 110 Å². The van der Waals surface area contributed by atoms with Gasteiger partial charge in [0.05, 0.1) is 25.4 Å². The second-order valence-electron chi connectivity index (χ2n) is 19.3. The fraction of sp³-hybridized carbons (Fsp3) is 0.943. The van der Waals surface area contributed by atoms with Crippen LogP contribution in [0.15, 0.2) is 12.2 Å². The summed E-state index contributed by atoms with van der Waals surface area (Å²) in [4.78, 5) is 13.1. The fourth-order valence-electron chi connectivity index (χ4n) is 8.85. The molecule has 0 aromatic rings. The molecule has 380 valence electrons. The summed E-state index contributed by atoms with van der Waals surface area (Å²) in [7, 11) is 0. The summed E-state index contributed by atoms with van der Waals surface area (Å²) in [5.74, 6) is -0.702. The van der Waals surface area contributed by atoms with Gasteiger partial charge in [-0.2, -0.15) is 0 Å². The summed E-state index contributed by atoms with van der Waals surface area (Å²) in [5, 5.41) is 75.9. The second kappa shape index (κ2) is 43.2. The van der Waals surface area contributed by atoms with Crippen LogP contribution in [-0.2, 0) is 14.3 Å². The number of rotatable bonds is 46. The molecule has 64 heavy (non-hydrogen) atoms. The molecular weight excluding hydrogens is 811 g/mol. The average Bonchev–Trinajstić information content (AvgIpc) is 3.29. The van der Waals surface area contributed by atoms with Gasteiger partial charge in [0.1, 0.15) is 36.6 Å². The summed E-state index contributed by atoms with van der Waals surface area (Å²) in [5.41, 5.74) is 0. The number of carbonyl (C=O) groups excluding carboxylic acids is 1. The molecule has 1 heterocycles. The number of hydrogen-bond donors (Lipinski definition) is 8. The van der Waals surface area contributed by atoms with E-state index >= 15 is 0 Å². The molecule has 8 N–H and O–H groups in total. The summed E-state index contributed by atoms with van der Waals surface area (Å²) in [6.45, 7) is 3.46. The van der Waals surface area contributed by atoms with Crippen molar-refractivity contribution in [2.45, 2.75) is 306 Å². The molecule has 0 saturated carbocycles. The van der Waals surface area contributed by atoms with Crippen LogP contribution in [0.25, 0.3) is 0 Å². The van der Waals surface area contributed by atoms with Crippen molar-refractivity contribution in [2.24, 2.45) is 0 Å². The van der Waals surface area contributed by atoms with Crippen molar-refractivity contribution in [1.29, 1.82) is 0 Å². The topological polar surface area (TPSA) is 189 Å². The average molecular weight is 914 g/mol. The van der Waals surface area contributed by atoms with Crippen LogP contribution in [0.3, 0.4) is 0 Å². The minimum atomic E-state index is -1.66. The lowest BCUT2D eigenvalue weighted by molar-refractivity contribution is -0.303. The van der Waals surface area contributed by atoms with Gasteiger partial charge in [-0.05, 0) is 38.5 Å². The van der Waals surface area contributed by atoms with E-state index in [0.29, 0.717) is 12.8 Å². The molecule has 1 fully saturated rings. The van der Waals surface area contributed by atoms with Crippen LogP contribution in [0.2, 0.25) is 0 Å². The number of ether oxygens (including phenoxy) is 2. The molecule has 0 bridgehead atoms. The van der Waals surface area contributed by atoms with Crippen molar-refractivity contribution in [3.05, 3.63) is 12.2 Å². The molecule has 11 heteroatoms. The monoisotopic (exact) mass is 914 g/mol. The van der Waals surface area contributed by atoms with E-state index < -0.39 is 74.2 Å². The van der Waals surface area contributed by atoms with E-state index in [1.54, 1.807) is 0 Å². The van der Waals surface area contributed by atoms with Crippen LogP contribution < -0.4 is 5.32 Å². The zero-order valence-corrected chi connectivity index (χ0v) is 41.3. The highest BCUT2D eigenvalue weighted by Crippen LogP contribution is 2.23. The molecule has 0 radical (unpaired) electrons. The maximum atomic E-state index is 13.1. The van der Waals surface area contributed by atoms with E-state index in [1.807, 2.05) is 0 Å². The van der Waals surface area contributed by atoms with Crippen LogP contribution in [0.4, 0.5) is 0 Å². The van der Waals surface area contributed by atoms with Crippen molar-refractivity contribution in [3.63, 3.8) is 0 Å². The Morgan fingerprint density at radius 3 is 1.34 bits per heavy atom. The number of aliphatic hydroxyl groups is 7. The Kier molecular flexibility index (Phi) is 41.0. The SMILES string of the molecule is CCCCCCCCCCCCCCCCCC/C=C/CCCC(O)C(O)C(COC1OC(CO)C(O)C(O)C1O)NC(=O)C(O)CCCCCCCCCCCCCCCCCC. The van der Waals surface area contributed by atoms with Gasteiger partial charge in [-0.1, -0.05) is 225 Å². The third kappa shape index (κ3) is 31.8. The number of aliphatic hydroxyl groups excluding tert-OH is 7. The highest BCUT2D eigenvalue weighted by atomic mass is 16.7. The van der Waals surface area contributed by atoms with Gasteiger partial charge in [0.2, 0.25) is 5.91 Å². The molecular formula is C53H103NO10. The van der Waals surface area contributed by atoms with Gasteiger partial charge < -0.3 is 50.5 Å². The van der Waals surface area contributed by atoms with Crippen molar-refractivity contribution < 1.29 is 50.0 Å². The Morgan fingerprint density at radius 1 is 0.531 bits per heavy atom. The maximum absolute atomic E-state index is 13.1. The zero-order chi connectivity index (χ0) is 46.9. The Labute approximate surface area is 392 Å². The highest BCUT2D eigenvalue weighted by Gasteiger charge is 2.44. The molecule has 1 aliphatic heterocycles. The van der Waals surface area contributed by atoms with E-state index in [1.165, 1.54) is 173 Å². The summed E-state index contributed by atoms with van der Waals surface area (Å²) in [6.07, 6.45) is 36.9. The predicted molar refractivity (Wildman–Crippen MR) is 261 cm³/mol. The van der Waals surface area contributed by atoms with Crippen molar-refractivity contribution in [3.8, 4) is 0 Å². The van der Waals surface area contributed by atoms with Gasteiger partial charge >= 0.3 is 0 Å². The fourth-order valence-corrected chi connectivity index (χ4v) is 8.85. The van der Waals surface area contributed by atoms with Crippen LogP contribution >= 0.6 is 0 Å². The lowest BCUT2D eigenvalue weighted by atomic mass is 9.98. The molecule has 0 aliphatic carbocycles. The number of allylic oxidation sites excluding steroid dienone is 2. The van der Waals surface area contributed by atoms with E-state index in [0.717, 1.165) is 38.5 Å². The summed E-state index contributed by atoms with van der Waals surface area (Å²) < 4.78 is 11.1. The minimum Gasteiger partial charge on any atom is -0.394 e. The first-order valence-electron chi connectivity index (χ1n) is 27.1. The molecule has 0 aromatic heterocycles. The van der Waals surface area contributed by atoms with Gasteiger partial charge in [0, 0.05) is 0 Å². The number of nitrogens with one attached hydrogen (secondary N) is 1. The molecule has 1 amide bonds. The Morgan fingerprint density at radius 2 is 0.922 bits per heavy atom. The summed E-state index contributed by atoms with van der Waals surface area (Å²) >= 11 is 0. The zero-order valence-electron chi connectivity index (χ0n) is 41.3. The minimum absolute atomic E-state index is 0.259. The summed E-state index contributed by atoms with van der Waals surface area (Å²) in [6, 6.07) is -1.18. The lowest BCUT2D eigenvalue weighted by Crippen LogP contribution is -2.60. The van der Waals surface area contributed by atoms with Gasteiger partial charge in [0.25, 0.3) is 0 Å². The molecule has 1 aliphatic rings. The smallest absolute Gasteiger partial charge is 0.249 e. The quantitative estimate of drug-likeness (QED) is 0.0216. The van der Waals surface area contributed by atoms with Gasteiger partial charge in [0.15, 0.2) is 6.29 Å². The van der Waals surface area contributed by atoms with Crippen LogP contribution in [0.5, 0.6) is 0 Å². The normalized spacial score (nSPS) is 21.0. The number of carbonyl (C=O) groups is 1. The predicted octanol–water partition coefficient (Wildman–Crippen LogP) is 10.4.